The Balaban J connectivity index is 1.92. The minimum Gasteiger partial charge on any atom is -0.497 e. The molecule has 1 aliphatic heterocycles. The number of likely N-dealkylation sites (N-methyl/N-ethyl adjacent to an activating group) is 1. The van der Waals surface area contributed by atoms with Gasteiger partial charge in [-0.25, -0.2) is 0 Å². The lowest BCUT2D eigenvalue weighted by Gasteiger charge is -2.29. The first-order chi connectivity index (χ1) is 12.4. The highest BCUT2D eigenvalue weighted by Crippen LogP contribution is 2.35. The Kier molecular flexibility index (Phi) is 5.18. The third kappa shape index (κ3) is 3.40. The van der Waals surface area contributed by atoms with Gasteiger partial charge in [-0.15, -0.1) is 0 Å². The van der Waals surface area contributed by atoms with Crippen molar-refractivity contribution in [1.82, 2.24) is 9.80 Å². The van der Waals surface area contributed by atoms with Crippen molar-refractivity contribution >= 4 is 23.4 Å². The van der Waals surface area contributed by atoms with Crippen molar-refractivity contribution in [3.05, 3.63) is 64.7 Å². The van der Waals surface area contributed by atoms with Crippen LogP contribution in [0.2, 0.25) is 5.02 Å². The molecule has 0 radical (unpaired) electrons. The number of hydrogen-bond donors (Lipinski definition) is 0. The van der Waals surface area contributed by atoms with Crippen molar-refractivity contribution in [3.63, 3.8) is 0 Å². The molecule has 0 N–H and O–H groups in total. The second-order valence-corrected chi connectivity index (χ2v) is 6.81. The van der Waals surface area contributed by atoms with Gasteiger partial charge in [0.25, 0.3) is 0 Å². The van der Waals surface area contributed by atoms with Crippen LogP contribution in [-0.4, -0.2) is 41.8 Å². The standard InChI is InChI=1S/C20H21ClN2O3/c1-13(24)23-18(12-14-4-10-17(26-3)11-5-14)20(25)22(2)19(23)15-6-8-16(21)9-7-15/h4-11,18-19H,12H2,1-3H3. The SMILES string of the molecule is COc1ccc(CC2C(=O)N(C)C(c3ccc(Cl)cc3)N2C(C)=O)cc1. The molecule has 1 fully saturated rings. The minimum atomic E-state index is -0.536. The Morgan fingerprint density at radius 1 is 1.12 bits per heavy atom. The highest BCUT2D eigenvalue weighted by atomic mass is 35.5. The lowest BCUT2D eigenvalue weighted by molar-refractivity contribution is -0.134. The highest BCUT2D eigenvalue weighted by molar-refractivity contribution is 6.30. The summed E-state index contributed by atoms with van der Waals surface area (Å²) in [5, 5.41) is 0.616. The summed E-state index contributed by atoms with van der Waals surface area (Å²) in [5.41, 5.74) is 1.83. The van der Waals surface area contributed by atoms with Gasteiger partial charge in [-0.3, -0.25) is 9.59 Å². The summed E-state index contributed by atoms with van der Waals surface area (Å²) in [4.78, 5) is 28.5. The van der Waals surface area contributed by atoms with E-state index < -0.39 is 12.2 Å². The summed E-state index contributed by atoms with van der Waals surface area (Å²) in [5.74, 6) is 0.545. The quantitative estimate of drug-likeness (QED) is 0.827. The van der Waals surface area contributed by atoms with Crippen LogP contribution in [-0.2, 0) is 16.0 Å². The molecule has 2 unspecified atom stereocenters. The van der Waals surface area contributed by atoms with Gasteiger partial charge in [-0.2, -0.15) is 0 Å². The third-order valence-corrected chi connectivity index (χ3v) is 4.97. The van der Waals surface area contributed by atoms with E-state index in [9.17, 15) is 9.59 Å². The molecule has 2 amide bonds. The molecule has 2 aromatic carbocycles. The Hall–Kier alpha value is -2.53. The van der Waals surface area contributed by atoms with Crippen LogP contribution in [0.1, 0.15) is 24.2 Å². The van der Waals surface area contributed by atoms with E-state index in [2.05, 4.69) is 0 Å². The van der Waals surface area contributed by atoms with E-state index in [4.69, 9.17) is 16.3 Å². The molecular formula is C20H21ClN2O3. The van der Waals surface area contributed by atoms with Crippen molar-refractivity contribution in [3.8, 4) is 5.75 Å². The van der Waals surface area contributed by atoms with Crippen molar-refractivity contribution in [1.29, 1.82) is 0 Å². The summed E-state index contributed by atoms with van der Waals surface area (Å²) < 4.78 is 5.17. The molecule has 0 saturated carbocycles. The summed E-state index contributed by atoms with van der Waals surface area (Å²) in [7, 11) is 3.34. The van der Waals surface area contributed by atoms with E-state index in [1.165, 1.54) is 6.92 Å². The third-order valence-electron chi connectivity index (χ3n) is 4.72. The van der Waals surface area contributed by atoms with Gasteiger partial charge >= 0.3 is 0 Å². The molecule has 0 spiro atoms. The summed E-state index contributed by atoms with van der Waals surface area (Å²) in [6, 6.07) is 14.2. The van der Waals surface area contributed by atoms with Crippen molar-refractivity contribution in [2.75, 3.05) is 14.2 Å². The molecule has 1 aliphatic rings. The minimum absolute atomic E-state index is 0.0732. The molecule has 5 nitrogen and oxygen atoms in total. The van der Waals surface area contributed by atoms with Crippen LogP contribution >= 0.6 is 11.6 Å². The van der Waals surface area contributed by atoms with Gasteiger partial charge in [-0.05, 0) is 35.4 Å². The summed E-state index contributed by atoms with van der Waals surface area (Å²) in [6.07, 6.45) is 0.0251. The second-order valence-electron chi connectivity index (χ2n) is 6.37. The van der Waals surface area contributed by atoms with Gasteiger partial charge in [-0.1, -0.05) is 35.9 Å². The first-order valence-corrected chi connectivity index (χ1v) is 8.74. The first-order valence-electron chi connectivity index (χ1n) is 8.36. The van der Waals surface area contributed by atoms with Crippen LogP contribution < -0.4 is 4.74 Å². The van der Waals surface area contributed by atoms with Gasteiger partial charge in [0, 0.05) is 25.4 Å². The Labute approximate surface area is 158 Å². The number of carbonyl (C=O) groups excluding carboxylic acids is 2. The van der Waals surface area contributed by atoms with Crippen LogP contribution in [0.5, 0.6) is 5.75 Å². The second kappa shape index (κ2) is 7.38. The number of benzene rings is 2. The largest absolute Gasteiger partial charge is 0.497 e. The molecule has 1 heterocycles. The van der Waals surface area contributed by atoms with E-state index >= 15 is 0 Å². The van der Waals surface area contributed by atoms with Crippen molar-refractivity contribution < 1.29 is 14.3 Å². The molecular weight excluding hydrogens is 352 g/mol. The summed E-state index contributed by atoms with van der Waals surface area (Å²) >= 11 is 5.97. The van der Waals surface area contributed by atoms with E-state index in [1.54, 1.807) is 36.1 Å². The molecule has 0 aliphatic carbocycles. The van der Waals surface area contributed by atoms with Crippen LogP contribution in [0.3, 0.4) is 0 Å². The number of hydrogen-bond acceptors (Lipinski definition) is 3. The zero-order valence-electron chi connectivity index (χ0n) is 15.0. The van der Waals surface area contributed by atoms with Gasteiger partial charge in [0.1, 0.15) is 18.0 Å². The molecule has 1 saturated heterocycles. The van der Waals surface area contributed by atoms with Gasteiger partial charge < -0.3 is 14.5 Å². The van der Waals surface area contributed by atoms with E-state index in [1.807, 2.05) is 36.4 Å². The molecule has 0 aromatic heterocycles. The monoisotopic (exact) mass is 372 g/mol. The normalized spacial score (nSPS) is 19.8. The number of carbonyl (C=O) groups is 2. The number of amides is 2. The Morgan fingerprint density at radius 2 is 1.73 bits per heavy atom. The van der Waals surface area contributed by atoms with Gasteiger partial charge in [0.05, 0.1) is 7.11 Å². The fourth-order valence-corrected chi connectivity index (χ4v) is 3.54. The first kappa shape index (κ1) is 18.3. The number of ether oxygens (including phenoxy) is 1. The Bertz CT molecular complexity index is 805. The maximum Gasteiger partial charge on any atom is 0.247 e. The molecule has 3 rings (SSSR count). The number of halogens is 1. The number of nitrogens with zero attached hydrogens (tertiary/aromatic N) is 2. The topological polar surface area (TPSA) is 49.9 Å². The molecule has 136 valence electrons. The van der Waals surface area contributed by atoms with E-state index in [-0.39, 0.29) is 11.8 Å². The van der Waals surface area contributed by atoms with Crippen molar-refractivity contribution in [2.45, 2.75) is 25.6 Å². The van der Waals surface area contributed by atoms with Crippen LogP contribution in [0.4, 0.5) is 0 Å². The fraction of sp³-hybridized carbons (Fsp3) is 0.300. The molecule has 2 atom stereocenters. The average molecular weight is 373 g/mol. The predicted molar refractivity (Wildman–Crippen MR) is 100.0 cm³/mol. The van der Waals surface area contributed by atoms with Crippen LogP contribution in [0.25, 0.3) is 0 Å². The zero-order valence-corrected chi connectivity index (χ0v) is 15.7. The fourth-order valence-electron chi connectivity index (χ4n) is 3.41. The van der Waals surface area contributed by atoms with Gasteiger partial charge in [0.2, 0.25) is 11.8 Å². The Morgan fingerprint density at radius 3 is 2.27 bits per heavy atom. The number of rotatable bonds is 4. The highest BCUT2D eigenvalue weighted by Gasteiger charge is 2.46. The van der Waals surface area contributed by atoms with E-state index in [0.29, 0.717) is 11.4 Å². The lowest BCUT2D eigenvalue weighted by Crippen LogP contribution is -2.39. The maximum absolute atomic E-state index is 12.9. The zero-order chi connectivity index (χ0) is 18.8. The van der Waals surface area contributed by atoms with Crippen LogP contribution in [0.15, 0.2) is 48.5 Å². The lowest BCUT2D eigenvalue weighted by atomic mass is 10.0. The molecule has 2 aromatic rings. The maximum atomic E-state index is 12.9. The van der Waals surface area contributed by atoms with Crippen molar-refractivity contribution in [2.24, 2.45) is 0 Å². The number of methoxy groups -OCH3 is 1. The molecule has 0 bridgehead atoms. The molecule has 6 heteroatoms. The smallest absolute Gasteiger partial charge is 0.247 e. The summed E-state index contributed by atoms with van der Waals surface area (Å²) in [6.45, 7) is 1.50. The molecule has 26 heavy (non-hydrogen) atoms. The van der Waals surface area contributed by atoms with Gasteiger partial charge in [0.15, 0.2) is 0 Å². The van der Waals surface area contributed by atoms with E-state index in [0.717, 1.165) is 16.9 Å². The average Bonchev–Trinajstić information content (AvgIpc) is 2.88. The van der Waals surface area contributed by atoms with Crippen LogP contribution in [0, 0.1) is 0 Å². The predicted octanol–water partition coefficient (Wildman–Crippen LogP) is 3.28.